The highest BCUT2D eigenvalue weighted by Gasteiger charge is 2.26. The maximum atomic E-state index is 11.0. The lowest BCUT2D eigenvalue weighted by Crippen LogP contribution is -2.39. The summed E-state index contributed by atoms with van der Waals surface area (Å²) in [6, 6.07) is 17.9. The Labute approximate surface area is 143 Å². The number of nitrogens with zero attached hydrogens (tertiary/aromatic N) is 1. The number of hydrogen-bond donors (Lipinski definition) is 1. The van der Waals surface area contributed by atoms with Crippen LogP contribution in [0.15, 0.2) is 54.6 Å². The number of benzene rings is 2. The van der Waals surface area contributed by atoms with Gasteiger partial charge in [-0.1, -0.05) is 42.5 Å². The van der Waals surface area contributed by atoms with E-state index in [0.29, 0.717) is 0 Å². The molecule has 1 fully saturated rings. The van der Waals surface area contributed by atoms with Gasteiger partial charge in [-0.25, -0.2) is 0 Å². The summed E-state index contributed by atoms with van der Waals surface area (Å²) in [6.07, 6.45) is -0.554. The standard InChI is InChI=1S/C20H25NO3/c1-23-18-9-7-17(8-10-18)20(22)19(16-5-3-2-4-6-16)15-21-11-13-24-14-12-21/h2-10,19-20,22H,11-15H2,1H3/t19-,20+/m0/s1. The Balaban J connectivity index is 1.82. The fraction of sp³-hybridized carbons (Fsp3) is 0.400. The van der Waals surface area contributed by atoms with Gasteiger partial charge in [-0.15, -0.1) is 0 Å². The summed E-state index contributed by atoms with van der Waals surface area (Å²) in [5, 5.41) is 11.0. The SMILES string of the molecule is COc1ccc([C@@H](O)[C@@H](CN2CCOCC2)c2ccccc2)cc1. The second-order valence-electron chi connectivity index (χ2n) is 6.15. The molecule has 1 N–H and O–H groups in total. The minimum absolute atomic E-state index is 0.0256. The normalized spacial score (nSPS) is 18.1. The predicted octanol–water partition coefficient (Wildman–Crippen LogP) is 2.84. The van der Waals surface area contributed by atoms with E-state index in [4.69, 9.17) is 9.47 Å². The molecule has 4 nitrogen and oxygen atoms in total. The molecular weight excluding hydrogens is 302 g/mol. The van der Waals surface area contributed by atoms with E-state index in [1.54, 1.807) is 7.11 Å². The van der Waals surface area contributed by atoms with Crippen LogP contribution in [0.3, 0.4) is 0 Å². The quantitative estimate of drug-likeness (QED) is 0.886. The zero-order valence-corrected chi connectivity index (χ0v) is 14.1. The van der Waals surface area contributed by atoms with Crippen molar-refractivity contribution in [3.63, 3.8) is 0 Å². The van der Waals surface area contributed by atoms with E-state index >= 15 is 0 Å². The summed E-state index contributed by atoms with van der Waals surface area (Å²) in [7, 11) is 1.65. The van der Waals surface area contributed by atoms with Crippen molar-refractivity contribution in [2.75, 3.05) is 40.0 Å². The summed E-state index contributed by atoms with van der Waals surface area (Å²) in [6.45, 7) is 4.18. The van der Waals surface area contributed by atoms with Gasteiger partial charge in [-0.2, -0.15) is 0 Å². The maximum Gasteiger partial charge on any atom is 0.118 e. The average molecular weight is 327 g/mol. The Kier molecular flexibility index (Phi) is 5.86. The summed E-state index contributed by atoms with van der Waals surface area (Å²) in [5.41, 5.74) is 2.07. The zero-order chi connectivity index (χ0) is 16.8. The van der Waals surface area contributed by atoms with Gasteiger partial charge < -0.3 is 14.6 Å². The van der Waals surface area contributed by atoms with Crippen LogP contribution in [-0.4, -0.2) is 50.0 Å². The Bertz CT molecular complexity index is 609. The zero-order valence-electron chi connectivity index (χ0n) is 14.1. The number of rotatable bonds is 6. The van der Waals surface area contributed by atoms with Gasteiger partial charge in [0.1, 0.15) is 5.75 Å². The summed E-state index contributed by atoms with van der Waals surface area (Å²) in [4.78, 5) is 2.37. The summed E-state index contributed by atoms with van der Waals surface area (Å²) < 4.78 is 10.7. The molecule has 1 heterocycles. The molecule has 2 aromatic carbocycles. The number of hydrogen-bond acceptors (Lipinski definition) is 4. The first kappa shape index (κ1) is 17.0. The van der Waals surface area contributed by atoms with Crippen molar-refractivity contribution in [2.45, 2.75) is 12.0 Å². The molecule has 0 aliphatic carbocycles. The first-order chi connectivity index (χ1) is 11.8. The van der Waals surface area contributed by atoms with E-state index in [-0.39, 0.29) is 5.92 Å². The molecule has 0 unspecified atom stereocenters. The Morgan fingerprint density at radius 3 is 2.29 bits per heavy atom. The molecule has 3 rings (SSSR count). The van der Waals surface area contributed by atoms with Crippen LogP contribution in [0, 0.1) is 0 Å². The van der Waals surface area contributed by atoms with Crippen molar-refractivity contribution in [2.24, 2.45) is 0 Å². The molecule has 0 amide bonds. The van der Waals surface area contributed by atoms with Gasteiger partial charge in [0.05, 0.1) is 26.4 Å². The number of ether oxygens (including phenoxy) is 2. The van der Waals surface area contributed by atoms with Gasteiger partial charge in [-0.3, -0.25) is 4.90 Å². The van der Waals surface area contributed by atoms with E-state index in [2.05, 4.69) is 17.0 Å². The molecule has 1 aliphatic heterocycles. The van der Waals surface area contributed by atoms with Gasteiger partial charge in [0.15, 0.2) is 0 Å². The number of methoxy groups -OCH3 is 1. The number of morpholine rings is 1. The Hall–Kier alpha value is -1.88. The molecule has 0 saturated carbocycles. The lowest BCUT2D eigenvalue weighted by molar-refractivity contribution is 0.0240. The second-order valence-corrected chi connectivity index (χ2v) is 6.15. The van der Waals surface area contributed by atoms with Crippen molar-refractivity contribution in [3.05, 3.63) is 65.7 Å². The highest BCUT2D eigenvalue weighted by molar-refractivity contribution is 5.32. The van der Waals surface area contributed by atoms with Gasteiger partial charge in [0.25, 0.3) is 0 Å². The Morgan fingerprint density at radius 1 is 1.00 bits per heavy atom. The van der Waals surface area contributed by atoms with Crippen LogP contribution in [0.4, 0.5) is 0 Å². The first-order valence-electron chi connectivity index (χ1n) is 8.45. The highest BCUT2D eigenvalue weighted by Crippen LogP contribution is 2.32. The van der Waals surface area contributed by atoms with E-state index in [1.165, 1.54) is 0 Å². The van der Waals surface area contributed by atoms with E-state index < -0.39 is 6.10 Å². The van der Waals surface area contributed by atoms with Crippen molar-refractivity contribution in [1.29, 1.82) is 0 Å². The van der Waals surface area contributed by atoms with Crippen molar-refractivity contribution in [1.82, 2.24) is 4.90 Å². The van der Waals surface area contributed by atoms with Crippen LogP contribution >= 0.6 is 0 Å². The lowest BCUT2D eigenvalue weighted by Gasteiger charge is -2.33. The third-order valence-corrected chi connectivity index (χ3v) is 4.62. The van der Waals surface area contributed by atoms with Crippen molar-refractivity contribution in [3.8, 4) is 5.75 Å². The molecule has 2 aromatic rings. The first-order valence-corrected chi connectivity index (χ1v) is 8.45. The lowest BCUT2D eigenvalue weighted by atomic mass is 9.88. The van der Waals surface area contributed by atoms with Gasteiger partial charge in [0, 0.05) is 25.6 Å². The average Bonchev–Trinajstić information content (AvgIpc) is 2.67. The fourth-order valence-electron chi connectivity index (χ4n) is 3.18. The Morgan fingerprint density at radius 2 is 1.67 bits per heavy atom. The van der Waals surface area contributed by atoms with Gasteiger partial charge in [0.2, 0.25) is 0 Å². The summed E-state index contributed by atoms with van der Waals surface area (Å²) in [5.74, 6) is 0.827. The largest absolute Gasteiger partial charge is 0.497 e. The number of aliphatic hydroxyl groups excluding tert-OH is 1. The van der Waals surface area contributed by atoms with Crippen molar-refractivity contribution < 1.29 is 14.6 Å². The maximum absolute atomic E-state index is 11.0. The van der Waals surface area contributed by atoms with Crippen LogP contribution in [0.1, 0.15) is 23.1 Å². The molecule has 0 spiro atoms. The van der Waals surface area contributed by atoms with Crippen molar-refractivity contribution >= 4 is 0 Å². The molecule has 24 heavy (non-hydrogen) atoms. The van der Waals surface area contributed by atoms with Crippen LogP contribution in [0.2, 0.25) is 0 Å². The predicted molar refractivity (Wildman–Crippen MR) is 94.4 cm³/mol. The van der Waals surface area contributed by atoms with E-state index in [1.807, 2.05) is 42.5 Å². The molecule has 0 aromatic heterocycles. The molecule has 1 saturated heterocycles. The van der Waals surface area contributed by atoms with Crippen LogP contribution < -0.4 is 4.74 Å². The topological polar surface area (TPSA) is 41.9 Å². The number of aliphatic hydroxyl groups is 1. The van der Waals surface area contributed by atoms with Crippen LogP contribution in [0.25, 0.3) is 0 Å². The highest BCUT2D eigenvalue weighted by atomic mass is 16.5. The second kappa shape index (κ2) is 8.29. The third-order valence-electron chi connectivity index (χ3n) is 4.62. The molecule has 0 radical (unpaired) electrons. The molecule has 128 valence electrons. The van der Waals surface area contributed by atoms with E-state index in [9.17, 15) is 5.11 Å². The van der Waals surface area contributed by atoms with Crippen LogP contribution in [-0.2, 0) is 4.74 Å². The minimum Gasteiger partial charge on any atom is -0.497 e. The van der Waals surface area contributed by atoms with Crippen LogP contribution in [0.5, 0.6) is 5.75 Å². The third kappa shape index (κ3) is 4.15. The molecular formula is C20H25NO3. The minimum atomic E-state index is -0.554. The molecule has 2 atom stereocenters. The summed E-state index contributed by atoms with van der Waals surface area (Å²) >= 11 is 0. The smallest absolute Gasteiger partial charge is 0.118 e. The van der Waals surface area contributed by atoms with Gasteiger partial charge >= 0.3 is 0 Å². The molecule has 1 aliphatic rings. The van der Waals surface area contributed by atoms with E-state index in [0.717, 1.165) is 49.7 Å². The van der Waals surface area contributed by atoms with Gasteiger partial charge in [-0.05, 0) is 23.3 Å². The molecule has 4 heteroatoms. The molecule has 0 bridgehead atoms. The monoisotopic (exact) mass is 327 g/mol. The fourth-order valence-corrected chi connectivity index (χ4v) is 3.18.